The molecule has 0 aromatic rings. The highest BCUT2D eigenvalue weighted by molar-refractivity contribution is 8.00. The molecule has 20 heavy (non-hydrogen) atoms. The second-order valence-electron chi connectivity index (χ2n) is 5.69. The number of methoxy groups -OCH3 is 1. The van der Waals surface area contributed by atoms with Gasteiger partial charge in [-0.05, 0) is 37.4 Å². The summed E-state index contributed by atoms with van der Waals surface area (Å²) >= 11 is 1.85. The number of nitrogens with one attached hydrogen (secondary N) is 1. The van der Waals surface area contributed by atoms with E-state index >= 15 is 0 Å². The average molecular weight is 302 g/mol. The molecule has 3 N–H and O–H groups in total. The van der Waals surface area contributed by atoms with E-state index in [0.29, 0.717) is 24.0 Å². The molecule has 5 nitrogen and oxygen atoms in total. The number of thioether (sulfide) groups is 1. The minimum atomic E-state index is -0.582. The Hall–Kier alpha value is -0.750. The Balaban J connectivity index is 2.54. The molecule has 0 aromatic heterocycles. The summed E-state index contributed by atoms with van der Waals surface area (Å²) < 4.78 is 4.78. The first-order valence-electron chi connectivity index (χ1n) is 7.19. The van der Waals surface area contributed by atoms with Crippen LogP contribution in [0.4, 0.5) is 0 Å². The van der Waals surface area contributed by atoms with E-state index in [-0.39, 0.29) is 11.9 Å². The molecule has 0 spiro atoms. The van der Waals surface area contributed by atoms with E-state index in [9.17, 15) is 9.59 Å². The number of rotatable bonds is 7. The van der Waals surface area contributed by atoms with Gasteiger partial charge in [0.2, 0.25) is 5.91 Å². The van der Waals surface area contributed by atoms with Crippen LogP contribution in [0.15, 0.2) is 0 Å². The minimum absolute atomic E-state index is 0.267. The largest absolute Gasteiger partial charge is 0.467 e. The Labute approximate surface area is 125 Å². The molecule has 1 aliphatic heterocycles. The average Bonchev–Trinajstić information content (AvgIpc) is 2.89. The van der Waals surface area contributed by atoms with Crippen LogP contribution in [0, 0.1) is 5.92 Å². The van der Waals surface area contributed by atoms with Gasteiger partial charge in [-0.1, -0.05) is 13.8 Å². The Bertz CT molecular complexity index is 330. The van der Waals surface area contributed by atoms with Crippen molar-refractivity contribution in [3.05, 3.63) is 0 Å². The maximum atomic E-state index is 12.0. The van der Waals surface area contributed by atoms with Gasteiger partial charge in [-0.15, -0.1) is 0 Å². The van der Waals surface area contributed by atoms with E-state index in [1.165, 1.54) is 13.5 Å². The molecule has 1 aliphatic rings. The van der Waals surface area contributed by atoms with Gasteiger partial charge < -0.3 is 15.8 Å². The van der Waals surface area contributed by atoms with E-state index in [0.717, 1.165) is 12.2 Å². The molecule has 116 valence electrons. The van der Waals surface area contributed by atoms with Gasteiger partial charge in [0.1, 0.15) is 6.04 Å². The molecule has 6 heteroatoms. The first kappa shape index (κ1) is 17.3. The normalized spacial score (nSPS) is 21.6. The fourth-order valence-corrected chi connectivity index (χ4v) is 3.67. The van der Waals surface area contributed by atoms with Crippen molar-refractivity contribution in [1.29, 1.82) is 0 Å². The van der Waals surface area contributed by atoms with Crippen LogP contribution in [0.3, 0.4) is 0 Å². The van der Waals surface area contributed by atoms with E-state index in [1.807, 2.05) is 25.6 Å². The molecule has 0 saturated carbocycles. The summed E-state index contributed by atoms with van der Waals surface area (Å²) in [4.78, 5) is 23.8. The maximum absolute atomic E-state index is 12.0. The Morgan fingerprint density at radius 3 is 2.65 bits per heavy atom. The molecule has 1 rings (SSSR count). The summed E-state index contributed by atoms with van der Waals surface area (Å²) in [5.74, 6) is 0.816. The molecular formula is C14H26N2O3S. The van der Waals surface area contributed by atoms with Crippen LogP contribution in [-0.4, -0.2) is 42.1 Å². The summed E-state index contributed by atoms with van der Waals surface area (Å²) in [6.07, 6.45) is 3.49. The number of hydrogen-bond donors (Lipinski definition) is 2. The summed E-state index contributed by atoms with van der Waals surface area (Å²) in [6.45, 7) is 4.03. The van der Waals surface area contributed by atoms with Crippen molar-refractivity contribution in [2.75, 3.05) is 12.9 Å². The van der Waals surface area contributed by atoms with Gasteiger partial charge in [-0.25, -0.2) is 4.79 Å². The molecule has 1 heterocycles. The quantitative estimate of drug-likeness (QED) is 0.693. The zero-order chi connectivity index (χ0) is 15.1. The molecule has 3 unspecified atom stereocenters. The van der Waals surface area contributed by atoms with Crippen molar-refractivity contribution in [3.63, 3.8) is 0 Å². The highest BCUT2D eigenvalue weighted by Crippen LogP contribution is 2.29. The minimum Gasteiger partial charge on any atom is -0.467 e. The van der Waals surface area contributed by atoms with Crippen LogP contribution >= 0.6 is 11.8 Å². The molecule has 0 aromatic carbocycles. The van der Waals surface area contributed by atoms with Gasteiger partial charge in [0.05, 0.1) is 13.2 Å². The van der Waals surface area contributed by atoms with Gasteiger partial charge in [-0.3, -0.25) is 4.79 Å². The lowest BCUT2D eigenvalue weighted by Crippen LogP contribution is -2.49. The van der Waals surface area contributed by atoms with Gasteiger partial charge in [-0.2, -0.15) is 11.8 Å². The standard InChI is InChI=1S/C14H26N2O3S/c1-9(2)7-11(15)13(17)16-12(14(18)19-3)8-10-5-4-6-20-10/h9-12H,4-8,15H2,1-3H3,(H,16,17). The third-order valence-electron chi connectivity index (χ3n) is 3.39. The lowest BCUT2D eigenvalue weighted by Gasteiger charge is -2.22. The van der Waals surface area contributed by atoms with Crippen LogP contribution < -0.4 is 11.1 Å². The van der Waals surface area contributed by atoms with Gasteiger partial charge in [0.15, 0.2) is 0 Å². The highest BCUT2D eigenvalue weighted by Gasteiger charge is 2.29. The summed E-state index contributed by atoms with van der Waals surface area (Å²) in [5.41, 5.74) is 5.85. The van der Waals surface area contributed by atoms with Crippen LogP contribution in [0.5, 0.6) is 0 Å². The predicted octanol–water partition coefficient (Wildman–Crippen LogP) is 1.30. The van der Waals surface area contributed by atoms with Crippen molar-refractivity contribution in [3.8, 4) is 0 Å². The number of esters is 1. The molecular weight excluding hydrogens is 276 g/mol. The molecule has 3 atom stereocenters. The second-order valence-corrected chi connectivity index (χ2v) is 7.10. The van der Waals surface area contributed by atoms with Crippen molar-refractivity contribution < 1.29 is 14.3 Å². The van der Waals surface area contributed by atoms with Gasteiger partial charge in [0.25, 0.3) is 0 Å². The summed E-state index contributed by atoms with van der Waals surface area (Å²) in [6, 6.07) is -1.15. The Kier molecular flexibility index (Phi) is 7.37. The highest BCUT2D eigenvalue weighted by atomic mass is 32.2. The molecule has 1 fully saturated rings. The van der Waals surface area contributed by atoms with E-state index in [2.05, 4.69) is 5.32 Å². The lowest BCUT2D eigenvalue weighted by atomic mass is 10.0. The van der Waals surface area contributed by atoms with Gasteiger partial charge >= 0.3 is 5.97 Å². The fraction of sp³-hybridized carbons (Fsp3) is 0.857. The van der Waals surface area contributed by atoms with Crippen LogP contribution in [0.25, 0.3) is 0 Å². The maximum Gasteiger partial charge on any atom is 0.328 e. The number of nitrogens with two attached hydrogens (primary N) is 1. The first-order chi connectivity index (χ1) is 9.43. The number of amides is 1. The molecule has 1 amide bonds. The number of carbonyl (C=O) groups excluding carboxylic acids is 2. The van der Waals surface area contributed by atoms with Crippen LogP contribution in [0.2, 0.25) is 0 Å². The van der Waals surface area contributed by atoms with Crippen LogP contribution in [0.1, 0.15) is 39.5 Å². The lowest BCUT2D eigenvalue weighted by molar-refractivity contribution is -0.145. The SMILES string of the molecule is COC(=O)C(CC1CCCS1)NC(=O)C(N)CC(C)C. The zero-order valence-electron chi connectivity index (χ0n) is 12.6. The Morgan fingerprint density at radius 1 is 1.45 bits per heavy atom. The topological polar surface area (TPSA) is 81.4 Å². The van der Waals surface area contributed by atoms with Crippen molar-refractivity contribution >= 4 is 23.6 Å². The van der Waals surface area contributed by atoms with E-state index in [4.69, 9.17) is 10.5 Å². The van der Waals surface area contributed by atoms with Crippen molar-refractivity contribution in [2.45, 2.75) is 56.9 Å². The molecule has 1 saturated heterocycles. The Morgan fingerprint density at radius 2 is 2.15 bits per heavy atom. The molecule has 0 radical (unpaired) electrons. The zero-order valence-corrected chi connectivity index (χ0v) is 13.4. The monoisotopic (exact) mass is 302 g/mol. The van der Waals surface area contributed by atoms with Crippen molar-refractivity contribution in [2.24, 2.45) is 11.7 Å². The molecule has 0 bridgehead atoms. The van der Waals surface area contributed by atoms with Crippen molar-refractivity contribution in [1.82, 2.24) is 5.32 Å². The smallest absolute Gasteiger partial charge is 0.328 e. The number of ether oxygens (including phenoxy) is 1. The first-order valence-corrected chi connectivity index (χ1v) is 8.24. The third-order valence-corrected chi connectivity index (χ3v) is 4.81. The molecule has 0 aliphatic carbocycles. The second kappa shape index (κ2) is 8.52. The summed E-state index contributed by atoms with van der Waals surface area (Å²) in [7, 11) is 1.34. The van der Waals surface area contributed by atoms with Gasteiger partial charge in [0, 0.05) is 5.25 Å². The van der Waals surface area contributed by atoms with E-state index in [1.54, 1.807) is 0 Å². The fourth-order valence-electron chi connectivity index (χ4n) is 2.34. The third kappa shape index (κ3) is 5.71. The predicted molar refractivity (Wildman–Crippen MR) is 81.5 cm³/mol. The summed E-state index contributed by atoms with van der Waals surface area (Å²) in [5, 5.41) is 3.17. The number of carbonyl (C=O) groups is 2. The number of hydrogen-bond acceptors (Lipinski definition) is 5. The van der Waals surface area contributed by atoms with E-state index < -0.39 is 12.1 Å². The van der Waals surface area contributed by atoms with Crippen LogP contribution in [-0.2, 0) is 14.3 Å².